The molecule has 1 heterocycles. The lowest BCUT2D eigenvalue weighted by Crippen LogP contribution is -2.28. The van der Waals surface area contributed by atoms with Crippen molar-refractivity contribution < 1.29 is 13.3 Å². The number of nitro groups is 1. The summed E-state index contributed by atoms with van der Waals surface area (Å²) in [6, 6.07) is 4.82. The average molecular weight is 350 g/mol. The molecule has 0 atom stereocenters. The SMILES string of the molecule is O=[N+]([O-])c1ccc(S(=O)(=O)NCCn2ncc3c2CCCC3)cc1. The van der Waals surface area contributed by atoms with Gasteiger partial charge in [-0.1, -0.05) is 0 Å². The first kappa shape index (κ1) is 16.6. The van der Waals surface area contributed by atoms with Gasteiger partial charge in [-0.3, -0.25) is 14.8 Å². The largest absolute Gasteiger partial charge is 0.269 e. The van der Waals surface area contributed by atoms with Gasteiger partial charge in [-0.15, -0.1) is 0 Å². The van der Waals surface area contributed by atoms with E-state index in [2.05, 4.69) is 9.82 Å². The van der Waals surface area contributed by atoms with Crippen LogP contribution < -0.4 is 4.72 Å². The number of hydrogen-bond acceptors (Lipinski definition) is 5. The fourth-order valence-electron chi connectivity index (χ4n) is 2.86. The summed E-state index contributed by atoms with van der Waals surface area (Å²) >= 11 is 0. The molecular formula is C15H18N4O4S. The van der Waals surface area contributed by atoms with Gasteiger partial charge in [-0.25, -0.2) is 13.1 Å². The summed E-state index contributed by atoms with van der Waals surface area (Å²) in [7, 11) is -3.69. The van der Waals surface area contributed by atoms with Crippen LogP contribution in [-0.2, 0) is 29.4 Å². The van der Waals surface area contributed by atoms with Crippen LogP contribution in [0.15, 0.2) is 35.4 Å². The van der Waals surface area contributed by atoms with E-state index in [1.165, 1.54) is 41.9 Å². The van der Waals surface area contributed by atoms with E-state index in [-0.39, 0.29) is 17.1 Å². The summed E-state index contributed by atoms with van der Waals surface area (Å²) in [5.74, 6) is 0. The Bertz CT molecular complexity index is 843. The second-order valence-electron chi connectivity index (χ2n) is 5.70. The number of non-ortho nitro benzene ring substituents is 1. The molecule has 2 aromatic rings. The standard InChI is InChI=1S/C15H18N4O4S/c20-19(21)13-5-7-14(8-6-13)24(22,23)17-9-10-18-15-4-2-1-3-12(15)11-16-18/h5-8,11,17H,1-4,9-10H2. The highest BCUT2D eigenvalue weighted by Crippen LogP contribution is 2.20. The zero-order valence-electron chi connectivity index (χ0n) is 13.0. The van der Waals surface area contributed by atoms with E-state index in [9.17, 15) is 18.5 Å². The molecule has 1 N–H and O–H groups in total. The predicted molar refractivity (Wildman–Crippen MR) is 87.2 cm³/mol. The Labute approximate surface area is 139 Å². The van der Waals surface area contributed by atoms with Crippen LogP contribution in [0.3, 0.4) is 0 Å². The van der Waals surface area contributed by atoms with Crippen LogP contribution in [0.2, 0.25) is 0 Å². The molecule has 0 radical (unpaired) electrons. The van der Waals surface area contributed by atoms with Crippen molar-refractivity contribution in [1.29, 1.82) is 0 Å². The molecule has 128 valence electrons. The lowest BCUT2D eigenvalue weighted by molar-refractivity contribution is -0.384. The zero-order chi connectivity index (χ0) is 17.2. The summed E-state index contributed by atoms with van der Waals surface area (Å²) in [5.41, 5.74) is 2.30. The molecule has 0 bridgehead atoms. The van der Waals surface area contributed by atoms with Crippen LogP contribution in [0.4, 0.5) is 5.69 Å². The predicted octanol–water partition coefficient (Wildman–Crippen LogP) is 1.65. The van der Waals surface area contributed by atoms with E-state index in [4.69, 9.17) is 0 Å². The number of nitrogens with one attached hydrogen (secondary N) is 1. The molecule has 3 rings (SSSR count). The Morgan fingerprint density at radius 2 is 1.92 bits per heavy atom. The number of benzene rings is 1. The molecule has 0 spiro atoms. The third kappa shape index (κ3) is 3.46. The van der Waals surface area contributed by atoms with E-state index < -0.39 is 14.9 Å². The zero-order valence-corrected chi connectivity index (χ0v) is 13.8. The maximum absolute atomic E-state index is 12.2. The minimum absolute atomic E-state index is 0.00981. The van der Waals surface area contributed by atoms with Gasteiger partial charge in [0, 0.05) is 24.4 Å². The Kier molecular flexibility index (Phi) is 4.63. The van der Waals surface area contributed by atoms with E-state index in [1.807, 2.05) is 10.9 Å². The van der Waals surface area contributed by atoms with Gasteiger partial charge in [0.2, 0.25) is 10.0 Å². The summed E-state index contributed by atoms with van der Waals surface area (Å²) in [6.45, 7) is 0.676. The van der Waals surface area contributed by atoms with Gasteiger partial charge in [-0.2, -0.15) is 5.10 Å². The highest BCUT2D eigenvalue weighted by Gasteiger charge is 2.17. The number of sulfonamides is 1. The van der Waals surface area contributed by atoms with E-state index in [1.54, 1.807) is 0 Å². The number of fused-ring (bicyclic) bond motifs is 1. The first-order chi connectivity index (χ1) is 11.5. The molecule has 1 aromatic heterocycles. The molecule has 0 saturated heterocycles. The molecule has 0 unspecified atom stereocenters. The molecular weight excluding hydrogens is 332 g/mol. The smallest absolute Gasteiger partial charge is 0.268 e. The number of aromatic nitrogens is 2. The molecule has 9 heteroatoms. The third-order valence-corrected chi connectivity index (χ3v) is 5.60. The lowest BCUT2D eigenvalue weighted by atomic mass is 9.98. The van der Waals surface area contributed by atoms with Crippen LogP contribution >= 0.6 is 0 Å². The van der Waals surface area contributed by atoms with Gasteiger partial charge in [-0.05, 0) is 43.4 Å². The molecule has 24 heavy (non-hydrogen) atoms. The number of hydrogen-bond donors (Lipinski definition) is 1. The van der Waals surface area contributed by atoms with Crippen molar-refractivity contribution in [1.82, 2.24) is 14.5 Å². The molecule has 0 amide bonds. The molecule has 1 aliphatic rings. The van der Waals surface area contributed by atoms with Crippen molar-refractivity contribution >= 4 is 15.7 Å². The van der Waals surface area contributed by atoms with Crippen molar-refractivity contribution in [3.8, 4) is 0 Å². The molecule has 1 aromatic carbocycles. The van der Waals surface area contributed by atoms with Crippen LogP contribution in [0.5, 0.6) is 0 Å². The van der Waals surface area contributed by atoms with Crippen LogP contribution in [0.1, 0.15) is 24.1 Å². The highest BCUT2D eigenvalue weighted by molar-refractivity contribution is 7.89. The fourth-order valence-corrected chi connectivity index (χ4v) is 3.89. The quantitative estimate of drug-likeness (QED) is 0.629. The lowest BCUT2D eigenvalue weighted by Gasteiger charge is -2.14. The van der Waals surface area contributed by atoms with Gasteiger partial charge >= 0.3 is 0 Å². The first-order valence-corrected chi connectivity index (χ1v) is 9.23. The molecule has 0 saturated carbocycles. The van der Waals surface area contributed by atoms with Gasteiger partial charge in [0.25, 0.3) is 5.69 Å². The van der Waals surface area contributed by atoms with Gasteiger partial charge in [0.05, 0.1) is 22.6 Å². The van der Waals surface area contributed by atoms with Gasteiger partial charge in [0.1, 0.15) is 0 Å². The fraction of sp³-hybridized carbons (Fsp3) is 0.400. The van der Waals surface area contributed by atoms with Crippen molar-refractivity contribution in [3.63, 3.8) is 0 Å². The highest BCUT2D eigenvalue weighted by atomic mass is 32.2. The third-order valence-electron chi connectivity index (χ3n) is 4.12. The number of rotatable bonds is 6. The second kappa shape index (κ2) is 6.70. The summed E-state index contributed by atoms with van der Waals surface area (Å²) < 4.78 is 28.8. The Morgan fingerprint density at radius 3 is 2.62 bits per heavy atom. The molecule has 0 aliphatic heterocycles. The van der Waals surface area contributed by atoms with Gasteiger partial charge < -0.3 is 0 Å². The van der Waals surface area contributed by atoms with E-state index in [0.29, 0.717) is 6.54 Å². The maximum atomic E-state index is 12.2. The van der Waals surface area contributed by atoms with E-state index >= 15 is 0 Å². The molecule has 8 nitrogen and oxygen atoms in total. The summed E-state index contributed by atoms with van der Waals surface area (Å²) in [5, 5.41) is 14.9. The minimum atomic E-state index is -3.69. The summed E-state index contributed by atoms with van der Waals surface area (Å²) in [6.07, 6.45) is 6.17. The first-order valence-electron chi connectivity index (χ1n) is 7.75. The van der Waals surface area contributed by atoms with Gasteiger partial charge in [0.15, 0.2) is 0 Å². The topological polar surface area (TPSA) is 107 Å². The number of nitrogens with zero attached hydrogens (tertiary/aromatic N) is 3. The second-order valence-corrected chi connectivity index (χ2v) is 7.46. The van der Waals surface area contributed by atoms with Crippen molar-refractivity contribution in [3.05, 3.63) is 51.8 Å². The van der Waals surface area contributed by atoms with Crippen molar-refractivity contribution in [2.75, 3.05) is 6.54 Å². The average Bonchev–Trinajstić information content (AvgIpc) is 2.98. The van der Waals surface area contributed by atoms with Crippen LogP contribution in [0.25, 0.3) is 0 Å². The maximum Gasteiger partial charge on any atom is 0.269 e. The Balaban J connectivity index is 1.63. The Morgan fingerprint density at radius 1 is 1.21 bits per heavy atom. The molecule has 0 fully saturated rings. The summed E-state index contributed by atoms with van der Waals surface area (Å²) in [4.78, 5) is 10.1. The van der Waals surface area contributed by atoms with Crippen molar-refractivity contribution in [2.24, 2.45) is 0 Å². The van der Waals surface area contributed by atoms with Crippen LogP contribution in [0, 0.1) is 10.1 Å². The van der Waals surface area contributed by atoms with E-state index in [0.717, 1.165) is 19.3 Å². The van der Waals surface area contributed by atoms with Crippen LogP contribution in [-0.4, -0.2) is 29.7 Å². The normalized spacial score (nSPS) is 14.3. The molecule has 1 aliphatic carbocycles. The Hall–Kier alpha value is -2.26. The number of aryl methyl sites for hydroxylation is 1. The number of nitro benzene ring substituents is 1. The minimum Gasteiger partial charge on any atom is -0.268 e. The monoisotopic (exact) mass is 350 g/mol. The van der Waals surface area contributed by atoms with Crippen molar-refractivity contribution in [2.45, 2.75) is 37.1 Å².